The number of benzene rings is 2. The molecule has 0 aromatic heterocycles. The molecule has 0 aliphatic carbocycles. The highest BCUT2D eigenvalue weighted by Crippen LogP contribution is 2.43. The van der Waals surface area contributed by atoms with Crippen molar-refractivity contribution in [2.45, 2.75) is 26.1 Å². The lowest BCUT2D eigenvalue weighted by Gasteiger charge is -2.28. The maximum absolute atomic E-state index is 8.38. The Morgan fingerprint density at radius 1 is 1.04 bits per heavy atom. The van der Waals surface area contributed by atoms with Crippen molar-refractivity contribution < 1.29 is 0 Å². The summed E-state index contributed by atoms with van der Waals surface area (Å²) in [5.41, 5.74) is 6.22. The van der Waals surface area contributed by atoms with Crippen molar-refractivity contribution in [3.8, 4) is 0 Å². The van der Waals surface area contributed by atoms with Crippen LogP contribution in [-0.4, -0.2) is 11.6 Å². The zero-order chi connectivity index (χ0) is 15.9. The minimum Gasteiger partial charge on any atom is -0.313 e. The number of anilines is 1. The fraction of sp³-hybridized carbons (Fsp3) is 0.278. The van der Waals surface area contributed by atoms with Crippen LogP contribution in [0.25, 0.3) is 0 Å². The first-order chi connectivity index (χ1) is 10.5. The van der Waals surface area contributed by atoms with E-state index in [0.717, 1.165) is 15.9 Å². The number of halogens is 2. The zero-order valence-corrected chi connectivity index (χ0v) is 16.6. The number of amidine groups is 1. The maximum Gasteiger partial charge on any atom is 0.112 e. The molecule has 2 nitrogen and oxygen atoms in total. The van der Waals surface area contributed by atoms with Crippen molar-refractivity contribution >= 4 is 51.6 Å². The van der Waals surface area contributed by atoms with Gasteiger partial charge in [0.15, 0.2) is 0 Å². The van der Waals surface area contributed by atoms with Crippen LogP contribution in [0.3, 0.4) is 0 Å². The van der Waals surface area contributed by atoms with Crippen LogP contribution in [0.2, 0.25) is 0 Å². The molecule has 0 spiro atoms. The van der Waals surface area contributed by atoms with E-state index in [1.165, 1.54) is 22.3 Å². The van der Waals surface area contributed by atoms with Gasteiger partial charge in [-0.1, -0.05) is 34.1 Å². The lowest BCUT2D eigenvalue weighted by Crippen LogP contribution is -2.28. The normalized spacial score (nSPS) is 17.3. The van der Waals surface area contributed by atoms with Crippen molar-refractivity contribution in [3.63, 3.8) is 0 Å². The summed E-state index contributed by atoms with van der Waals surface area (Å²) in [4.78, 5) is 2.18. The lowest BCUT2D eigenvalue weighted by molar-refractivity contribution is 0.978. The average molecular weight is 412 g/mol. The van der Waals surface area contributed by atoms with Crippen LogP contribution in [-0.2, 0) is 0 Å². The number of nitrogens with one attached hydrogen (secondary N) is 1. The zero-order valence-electron chi connectivity index (χ0n) is 13.4. The van der Waals surface area contributed by atoms with Gasteiger partial charge in [0.25, 0.3) is 0 Å². The van der Waals surface area contributed by atoms with Gasteiger partial charge >= 0.3 is 0 Å². The molecule has 0 amide bonds. The topological polar surface area (TPSA) is 27.1 Å². The quantitative estimate of drug-likeness (QED) is 0.653. The summed E-state index contributed by atoms with van der Waals surface area (Å²) in [6, 6.07) is 12.9. The first-order valence-corrected chi connectivity index (χ1v) is 9.13. The molecular weight excluding hydrogens is 392 g/mol. The van der Waals surface area contributed by atoms with Gasteiger partial charge in [-0.15, -0.1) is 24.2 Å². The van der Waals surface area contributed by atoms with Crippen molar-refractivity contribution in [2.75, 3.05) is 10.7 Å². The largest absolute Gasteiger partial charge is 0.313 e. The smallest absolute Gasteiger partial charge is 0.112 e. The molecule has 1 aliphatic heterocycles. The van der Waals surface area contributed by atoms with Crippen molar-refractivity contribution in [1.82, 2.24) is 0 Å². The third kappa shape index (κ3) is 3.59. The molecular formula is C18H20BrClN2S. The van der Waals surface area contributed by atoms with Crippen LogP contribution >= 0.6 is 40.1 Å². The fourth-order valence-electron chi connectivity index (χ4n) is 2.79. The number of rotatable bonds is 2. The maximum atomic E-state index is 8.38. The molecule has 1 unspecified atom stereocenters. The first kappa shape index (κ1) is 18.4. The third-order valence-electron chi connectivity index (χ3n) is 4.13. The molecule has 1 fully saturated rings. The van der Waals surface area contributed by atoms with E-state index in [0.29, 0.717) is 5.84 Å². The second-order valence-electron chi connectivity index (χ2n) is 5.75. The number of hydrogen-bond acceptors (Lipinski definition) is 2. The Bertz CT molecular complexity index is 731. The molecule has 2 aromatic carbocycles. The summed E-state index contributed by atoms with van der Waals surface area (Å²) in [7, 11) is 0. The van der Waals surface area contributed by atoms with E-state index in [9.17, 15) is 0 Å². The standard InChI is InChI=1S/C18H19BrN2S.ClH/c1-11-8-13(3)16(9-12(11)2)21-17(20)10-22-18(21)14-4-6-15(19)7-5-14;/h4-9,18,20H,10H2,1-3H3;1H. The van der Waals surface area contributed by atoms with Crippen LogP contribution in [0, 0.1) is 26.2 Å². The number of hydrogen-bond donors (Lipinski definition) is 1. The van der Waals surface area contributed by atoms with Crippen molar-refractivity contribution in [3.05, 3.63) is 63.1 Å². The summed E-state index contributed by atoms with van der Waals surface area (Å²) < 4.78 is 1.09. The second-order valence-corrected chi connectivity index (χ2v) is 7.74. The van der Waals surface area contributed by atoms with E-state index in [1.54, 1.807) is 0 Å². The first-order valence-electron chi connectivity index (χ1n) is 7.29. The molecule has 1 N–H and O–H groups in total. The van der Waals surface area contributed by atoms with E-state index in [-0.39, 0.29) is 17.8 Å². The van der Waals surface area contributed by atoms with E-state index in [4.69, 9.17) is 5.41 Å². The second kappa shape index (κ2) is 7.29. The van der Waals surface area contributed by atoms with Crippen molar-refractivity contribution in [2.24, 2.45) is 0 Å². The van der Waals surface area contributed by atoms with Crippen LogP contribution in [0.5, 0.6) is 0 Å². The Balaban J connectivity index is 0.00000192. The molecule has 23 heavy (non-hydrogen) atoms. The van der Waals surface area contributed by atoms with Crippen molar-refractivity contribution in [1.29, 1.82) is 5.41 Å². The van der Waals surface area contributed by atoms with Gasteiger partial charge in [-0.2, -0.15) is 0 Å². The summed E-state index contributed by atoms with van der Waals surface area (Å²) in [5.74, 6) is 1.44. The van der Waals surface area contributed by atoms with Gasteiger partial charge in [0, 0.05) is 10.2 Å². The SMILES string of the molecule is Cc1cc(C)c(N2C(=N)CSC2c2ccc(Br)cc2)cc1C.Cl. The highest BCUT2D eigenvalue weighted by molar-refractivity contribution is 9.10. The number of aryl methyl sites for hydroxylation is 3. The Morgan fingerprint density at radius 2 is 1.65 bits per heavy atom. The monoisotopic (exact) mass is 410 g/mol. The highest BCUT2D eigenvalue weighted by atomic mass is 79.9. The van der Waals surface area contributed by atoms with Crippen LogP contribution in [0.15, 0.2) is 40.9 Å². The van der Waals surface area contributed by atoms with Gasteiger partial charge in [0.2, 0.25) is 0 Å². The van der Waals surface area contributed by atoms with Crippen LogP contribution < -0.4 is 4.90 Å². The van der Waals surface area contributed by atoms with Crippen LogP contribution in [0.4, 0.5) is 5.69 Å². The van der Waals surface area contributed by atoms with E-state index in [1.807, 2.05) is 11.8 Å². The highest BCUT2D eigenvalue weighted by Gasteiger charge is 2.32. The predicted octanol–water partition coefficient (Wildman–Crippen LogP) is 6.03. The molecule has 2 aromatic rings. The Morgan fingerprint density at radius 3 is 2.30 bits per heavy atom. The van der Waals surface area contributed by atoms with Crippen LogP contribution in [0.1, 0.15) is 27.6 Å². The third-order valence-corrected chi connectivity index (χ3v) is 5.90. The minimum atomic E-state index is 0. The molecule has 3 rings (SSSR count). The van der Waals surface area contributed by atoms with Gasteiger partial charge in [-0.05, 0) is 61.2 Å². The Hall–Kier alpha value is -0.970. The summed E-state index contributed by atoms with van der Waals surface area (Å²) in [6.45, 7) is 6.42. The van der Waals surface area contributed by atoms with E-state index < -0.39 is 0 Å². The molecule has 0 saturated carbocycles. The lowest BCUT2D eigenvalue weighted by atomic mass is 10.0. The average Bonchev–Trinajstić information content (AvgIpc) is 2.85. The molecule has 5 heteroatoms. The van der Waals surface area contributed by atoms with Gasteiger partial charge in [-0.3, -0.25) is 5.41 Å². The Labute approximate surface area is 156 Å². The summed E-state index contributed by atoms with van der Waals surface area (Å²) in [5, 5.41) is 8.56. The summed E-state index contributed by atoms with van der Waals surface area (Å²) >= 11 is 5.31. The minimum absolute atomic E-state index is 0. The fourth-order valence-corrected chi connectivity index (χ4v) is 4.25. The van der Waals surface area contributed by atoms with Gasteiger partial charge in [0.05, 0.1) is 5.75 Å². The molecule has 1 atom stereocenters. The number of thioether (sulfide) groups is 1. The van der Waals surface area contributed by atoms with Gasteiger partial charge in [0.1, 0.15) is 11.2 Å². The van der Waals surface area contributed by atoms with Gasteiger partial charge in [-0.25, -0.2) is 0 Å². The molecule has 122 valence electrons. The molecule has 1 heterocycles. The van der Waals surface area contributed by atoms with E-state index >= 15 is 0 Å². The summed E-state index contributed by atoms with van der Waals surface area (Å²) in [6.07, 6.45) is 0. The molecule has 0 bridgehead atoms. The molecule has 1 saturated heterocycles. The Kier molecular flexibility index (Phi) is 5.82. The van der Waals surface area contributed by atoms with Gasteiger partial charge < -0.3 is 4.90 Å². The molecule has 1 aliphatic rings. The predicted molar refractivity (Wildman–Crippen MR) is 107 cm³/mol. The molecule has 0 radical (unpaired) electrons. The number of nitrogens with zero attached hydrogens (tertiary/aromatic N) is 1. The van der Waals surface area contributed by atoms with E-state index in [2.05, 4.69) is 78.0 Å².